The predicted molar refractivity (Wildman–Crippen MR) is 144 cm³/mol. The molecule has 36 heavy (non-hydrogen) atoms. The summed E-state index contributed by atoms with van der Waals surface area (Å²) < 4.78 is 0. The molecule has 0 saturated carbocycles. The van der Waals surface area contributed by atoms with Gasteiger partial charge in [-0.05, 0) is 60.4 Å². The molecule has 1 saturated heterocycles. The summed E-state index contributed by atoms with van der Waals surface area (Å²) in [5.41, 5.74) is 7.28. The number of carbonyl (C=O) groups excluding carboxylic acids is 2. The van der Waals surface area contributed by atoms with E-state index in [2.05, 4.69) is 72.5 Å². The van der Waals surface area contributed by atoms with E-state index in [1.54, 1.807) is 0 Å². The Hall–Kier alpha value is -3.24. The van der Waals surface area contributed by atoms with Gasteiger partial charge in [0.05, 0.1) is 0 Å². The first-order chi connectivity index (χ1) is 17.5. The summed E-state index contributed by atoms with van der Waals surface area (Å²) in [5.74, 6) is 0.701. The molecule has 0 N–H and O–H groups in total. The fourth-order valence-electron chi connectivity index (χ4n) is 5.59. The van der Waals surface area contributed by atoms with Crippen LogP contribution in [0.2, 0.25) is 0 Å². The number of amides is 1. The summed E-state index contributed by atoms with van der Waals surface area (Å²) in [6.45, 7) is 6.48. The Balaban J connectivity index is 1.12. The minimum Gasteiger partial charge on any atom is -0.343 e. The molecular formula is C32H36N2O2. The molecule has 0 radical (unpaired) electrons. The molecule has 0 spiro atoms. The number of hydrogen-bond acceptors (Lipinski definition) is 3. The fraction of sp³-hybridized carbons (Fsp3) is 0.375. The molecule has 3 aromatic carbocycles. The molecule has 2 aliphatic heterocycles. The van der Waals surface area contributed by atoms with E-state index in [1.165, 1.54) is 27.8 Å². The van der Waals surface area contributed by atoms with Crippen LogP contribution in [0.1, 0.15) is 69.8 Å². The van der Waals surface area contributed by atoms with Crippen molar-refractivity contribution >= 4 is 11.7 Å². The van der Waals surface area contributed by atoms with Crippen molar-refractivity contribution < 1.29 is 9.59 Å². The molecule has 2 aliphatic rings. The Morgan fingerprint density at radius 3 is 2.33 bits per heavy atom. The highest BCUT2D eigenvalue weighted by atomic mass is 16.2. The highest BCUT2D eigenvalue weighted by molar-refractivity contribution is 5.98. The van der Waals surface area contributed by atoms with Gasteiger partial charge in [0.2, 0.25) is 5.91 Å². The van der Waals surface area contributed by atoms with Crippen molar-refractivity contribution in [2.45, 2.75) is 58.0 Å². The largest absolute Gasteiger partial charge is 0.343 e. The lowest BCUT2D eigenvalue weighted by atomic mass is 9.89. The van der Waals surface area contributed by atoms with Crippen LogP contribution in [0.5, 0.6) is 0 Å². The van der Waals surface area contributed by atoms with Gasteiger partial charge < -0.3 is 4.90 Å². The van der Waals surface area contributed by atoms with Crippen molar-refractivity contribution in [1.82, 2.24) is 9.80 Å². The van der Waals surface area contributed by atoms with E-state index < -0.39 is 0 Å². The summed E-state index contributed by atoms with van der Waals surface area (Å²) in [4.78, 5) is 30.2. The predicted octanol–water partition coefficient (Wildman–Crippen LogP) is 5.92. The van der Waals surface area contributed by atoms with Crippen molar-refractivity contribution in [3.05, 3.63) is 106 Å². The maximum atomic E-state index is 13.0. The molecule has 1 fully saturated rings. The average Bonchev–Trinajstić information content (AvgIpc) is 2.92. The molecule has 0 unspecified atom stereocenters. The smallest absolute Gasteiger partial charge is 0.223 e. The number of Topliss-reactive ketones (excluding diaryl/α,β-unsaturated/α-hetero) is 1. The lowest BCUT2D eigenvalue weighted by molar-refractivity contribution is -0.132. The van der Waals surface area contributed by atoms with Gasteiger partial charge in [-0.25, -0.2) is 0 Å². The number of likely N-dealkylation sites (tertiary alicyclic amines) is 1. The van der Waals surface area contributed by atoms with Crippen molar-refractivity contribution in [1.29, 1.82) is 0 Å². The van der Waals surface area contributed by atoms with E-state index in [4.69, 9.17) is 0 Å². The standard InChI is InChI=1S/C32H36N2O2/c1-24-7-9-26(10-8-24)28-16-19-34(20-17-28)32(36)14-13-31(35)29-12-11-27-15-18-33(23-30(27)21-29)22-25-5-3-2-4-6-25/h2-12,21,28H,13-20,22-23H2,1H3. The molecule has 4 heteroatoms. The van der Waals surface area contributed by atoms with Crippen molar-refractivity contribution in [3.8, 4) is 0 Å². The van der Waals surface area contributed by atoms with Gasteiger partial charge in [0.25, 0.3) is 0 Å². The third kappa shape index (κ3) is 5.93. The second-order valence-electron chi connectivity index (χ2n) is 10.4. The van der Waals surface area contributed by atoms with Gasteiger partial charge in [0, 0.05) is 51.1 Å². The van der Waals surface area contributed by atoms with Crippen molar-refractivity contribution in [2.24, 2.45) is 0 Å². The minimum absolute atomic E-state index is 0.0703. The number of aryl methyl sites for hydroxylation is 1. The lowest BCUT2D eigenvalue weighted by Crippen LogP contribution is -2.38. The van der Waals surface area contributed by atoms with E-state index >= 15 is 0 Å². The molecule has 0 bridgehead atoms. The van der Waals surface area contributed by atoms with Crippen LogP contribution in [0, 0.1) is 6.92 Å². The third-order valence-corrected chi connectivity index (χ3v) is 7.83. The number of nitrogens with zero attached hydrogens (tertiary/aromatic N) is 2. The van der Waals surface area contributed by atoms with Crippen LogP contribution >= 0.6 is 0 Å². The monoisotopic (exact) mass is 480 g/mol. The van der Waals surface area contributed by atoms with Crippen LogP contribution in [0.25, 0.3) is 0 Å². The molecule has 1 amide bonds. The zero-order valence-electron chi connectivity index (χ0n) is 21.3. The van der Waals surface area contributed by atoms with Crippen LogP contribution in [0.4, 0.5) is 0 Å². The number of benzene rings is 3. The van der Waals surface area contributed by atoms with Crippen LogP contribution < -0.4 is 0 Å². The van der Waals surface area contributed by atoms with Gasteiger partial charge in [-0.1, -0.05) is 72.3 Å². The van der Waals surface area contributed by atoms with Crippen LogP contribution in [0.3, 0.4) is 0 Å². The lowest BCUT2D eigenvalue weighted by Gasteiger charge is -2.32. The van der Waals surface area contributed by atoms with Gasteiger partial charge >= 0.3 is 0 Å². The number of fused-ring (bicyclic) bond motifs is 1. The van der Waals surface area contributed by atoms with E-state index in [0.29, 0.717) is 12.3 Å². The Morgan fingerprint density at radius 2 is 1.58 bits per heavy atom. The minimum atomic E-state index is 0.0703. The highest BCUT2D eigenvalue weighted by Crippen LogP contribution is 2.29. The zero-order chi connectivity index (χ0) is 24.9. The fourth-order valence-corrected chi connectivity index (χ4v) is 5.59. The first-order valence-corrected chi connectivity index (χ1v) is 13.3. The maximum Gasteiger partial charge on any atom is 0.223 e. The Bertz CT molecular complexity index is 1190. The molecule has 186 valence electrons. The third-order valence-electron chi connectivity index (χ3n) is 7.83. The zero-order valence-corrected chi connectivity index (χ0v) is 21.3. The normalized spacial score (nSPS) is 16.5. The van der Waals surface area contributed by atoms with Crippen molar-refractivity contribution in [3.63, 3.8) is 0 Å². The van der Waals surface area contributed by atoms with Crippen LogP contribution in [0.15, 0.2) is 72.8 Å². The number of hydrogen-bond donors (Lipinski definition) is 0. The number of ketones is 1. The number of carbonyl (C=O) groups is 2. The van der Waals surface area contributed by atoms with E-state index in [-0.39, 0.29) is 18.1 Å². The van der Waals surface area contributed by atoms with Gasteiger partial charge in [0.15, 0.2) is 5.78 Å². The second-order valence-corrected chi connectivity index (χ2v) is 10.4. The first kappa shape index (κ1) is 24.5. The molecular weight excluding hydrogens is 444 g/mol. The van der Waals surface area contributed by atoms with Crippen LogP contribution in [-0.4, -0.2) is 41.1 Å². The van der Waals surface area contributed by atoms with Gasteiger partial charge in [0.1, 0.15) is 0 Å². The summed E-state index contributed by atoms with van der Waals surface area (Å²) in [7, 11) is 0. The average molecular weight is 481 g/mol. The van der Waals surface area contributed by atoms with Crippen molar-refractivity contribution in [2.75, 3.05) is 19.6 Å². The van der Waals surface area contributed by atoms with Gasteiger partial charge in [-0.15, -0.1) is 0 Å². The number of rotatable bonds is 7. The maximum absolute atomic E-state index is 13.0. The first-order valence-electron chi connectivity index (χ1n) is 13.3. The van der Waals surface area contributed by atoms with E-state index in [1.807, 2.05) is 17.0 Å². The Labute approximate surface area is 214 Å². The molecule has 4 nitrogen and oxygen atoms in total. The SMILES string of the molecule is Cc1ccc(C2CCN(C(=O)CCC(=O)c3ccc4c(c3)CN(Cc3ccccc3)CC4)CC2)cc1. The van der Waals surface area contributed by atoms with Crippen LogP contribution in [-0.2, 0) is 24.3 Å². The molecule has 0 atom stereocenters. The quantitative estimate of drug-likeness (QED) is 0.394. The van der Waals surface area contributed by atoms with Gasteiger partial charge in [-0.3, -0.25) is 14.5 Å². The molecule has 2 heterocycles. The molecule has 5 rings (SSSR count). The Kier molecular flexibility index (Phi) is 7.62. The Morgan fingerprint density at radius 1 is 0.833 bits per heavy atom. The second kappa shape index (κ2) is 11.2. The molecule has 3 aromatic rings. The summed E-state index contributed by atoms with van der Waals surface area (Å²) in [5, 5.41) is 0. The summed E-state index contributed by atoms with van der Waals surface area (Å²) in [6, 6.07) is 25.4. The summed E-state index contributed by atoms with van der Waals surface area (Å²) in [6.07, 6.45) is 3.57. The van der Waals surface area contributed by atoms with Gasteiger partial charge in [-0.2, -0.15) is 0 Å². The number of piperidine rings is 1. The van der Waals surface area contributed by atoms with E-state index in [0.717, 1.165) is 57.5 Å². The molecule has 0 aliphatic carbocycles. The van der Waals surface area contributed by atoms with E-state index in [9.17, 15) is 9.59 Å². The molecule has 0 aromatic heterocycles. The summed E-state index contributed by atoms with van der Waals surface area (Å²) >= 11 is 0. The highest BCUT2D eigenvalue weighted by Gasteiger charge is 2.24. The topological polar surface area (TPSA) is 40.6 Å².